The van der Waals surface area contributed by atoms with Gasteiger partial charge in [-0.25, -0.2) is 0 Å². The molecule has 3 aromatic carbocycles. The largest absolute Gasteiger partial charge is 0.320 e. The second-order valence-electron chi connectivity index (χ2n) is 5.41. The maximum absolute atomic E-state index is 6.48. The zero-order chi connectivity index (χ0) is 14.1. The molecular formula is C19H19N. The highest BCUT2D eigenvalue weighted by Crippen LogP contribution is 2.29. The summed E-state index contributed by atoms with van der Waals surface area (Å²) in [5.74, 6) is 0. The molecule has 3 aromatic rings. The Labute approximate surface area is 120 Å². The molecule has 100 valence electrons. The van der Waals surface area contributed by atoms with Gasteiger partial charge < -0.3 is 5.73 Å². The molecule has 0 saturated carbocycles. The Morgan fingerprint density at radius 3 is 2.10 bits per heavy atom. The van der Waals surface area contributed by atoms with Gasteiger partial charge in [-0.3, -0.25) is 0 Å². The lowest BCUT2D eigenvalue weighted by Crippen LogP contribution is -2.12. The Kier molecular flexibility index (Phi) is 3.29. The third-order valence-corrected chi connectivity index (χ3v) is 3.95. The van der Waals surface area contributed by atoms with Crippen molar-refractivity contribution in [3.05, 3.63) is 82.9 Å². The summed E-state index contributed by atoms with van der Waals surface area (Å²) in [6, 6.07) is 21.2. The van der Waals surface area contributed by atoms with E-state index in [1.807, 2.05) is 0 Å². The SMILES string of the molecule is Cc1ccc(C(N)c2ccc(C)c3ccccc23)cc1. The molecule has 1 unspecified atom stereocenters. The maximum Gasteiger partial charge on any atom is 0.0557 e. The monoisotopic (exact) mass is 261 g/mol. The van der Waals surface area contributed by atoms with Gasteiger partial charge in [0.15, 0.2) is 0 Å². The van der Waals surface area contributed by atoms with E-state index in [4.69, 9.17) is 5.73 Å². The lowest BCUT2D eigenvalue weighted by molar-refractivity contribution is 0.879. The molecule has 0 fully saturated rings. The Morgan fingerprint density at radius 1 is 0.750 bits per heavy atom. The summed E-state index contributed by atoms with van der Waals surface area (Å²) in [4.78, 5) is 0. The lowest BCUT2D eigenvalue weighted by Gasteiger charge is -2.16. The van der Waals surface area contributed by atoms with Gasteiger partial charge in [-0.2, -0.15) is 0 Å². The van der Waals surface area contributed by atoms with Crippen LogP contribution in [0.25, 0.3) is 10.8 Å². The Balaban J connectivity index is 2.14. The van der Waals surface area contributed by atoms with Crippen LogP contribution in [0.15, 0.2) is 60.7 Å². The summed E-state index contributed by atoms with van der Waals surface area (Å²) in [6.07, 6.45) is 0. The van der Waals surface area contributed by atoms with Gasteiger partial charge >= 0.3 is 0 Å². The molecule has 2 N–H and O–H groups in total. The van der Waals surface area contributed by atoms with Crippen LogP contribution in [-0.4, -0.2) is 0 Å². The molecule has 0 heterocycles. The van der Waals surface area contributed by atoms with E-state index >= 15 is 0 Å². The molecule has 0 aromatic heterocycles. The second kappa shape index (κ2) is 5.10. The second-order valence-corrected chi connectivity index (χ2v) is 5.41. The van der Waals surface area contributed by atoms with Gasteiger partial charge in [0, 0.05) is 0 Å². The molecule has 1 heteroatoms. The van der Waals surface area contributed by atoms with Crippen LogP contribution in [0, 0.1) is 13.8 Å². The van der Waals surface area contributed by atoms with Gasteiger partial charge in [0.25, 0.3) is 0 Å². The third-order valence-electron chi connectivity index (χ3n) is 3.95. The average Bonchev–Trinajstić information content (AvgIpc) is 2.48. The molecule has 1 atom stereocenters. The van der Waals surface area contributed by atoms with Crippen molar-refractivity contribution < 1.29 is 0 Å². The van der Waals surface area contributed by atoms with Crippen molar-refractivity contribution in [3.63, 3.8) is 0 Å². The molecule has 0 spiro atoms. The van der Waals surface area contributed by atoms with E-state index in [0.29, 0.717) is 0 Å². The molecule has 0 radical (unpaired) electrons. The topological polar surface area (TPSA) is 26.0 Å². The van der Waals surface area contributed by atoms with E-state index in [2.05, 4.69) is 74.5 Å². The van der Waals surface area contributed by atoms with Gasteiger partial charge in [0.05, 0.1) is 6.04 Å². The lowest BCUT2D eigenvalue weighted by atomic mass is 9.92. The molecule has 0 aliphatic carbocycles. The van der Waals surface area contributed by atoms with Crippen molar-refractivity contribution in [2.24, 2.45) is 5.73 Å². The fraction of sp³-hybridized carbons (Fsp3) is 0.158. The van der Waals surface area contributed by atoms with Crippen LogP contribution in [0.4, 0.5) is 0 Å². The first-order valence-corrected chi connectivity index (χ1v) is 6.97. The average molecular weight is 261 g/mol. The number of hydrogen-bond donors (Lipinski definition) is 1. The summed E-state index contributed by atoms with van der Waals surface area (Å²) in [6.45, 7) is 4.24. The number of hydrogen-bond acceptors (Lipinski definition) is 1. The van der Waals surface area contributed by atoms with E-state index < -0.39 is 0 Å². The van der Waals surface area contributed by atoms with Gasteiger partial charge in [0.1, 0.15) is 0 Å². The highest BCUT2D eigenvalue weighted by atomic mass is 14.6. The predicted molar refractivity (Wildman–Crippen MR) is 85.9 cm³/mol. The first-order chi connectivity index (χ1) is 9.66. The fourth-order valence-electron chi connectivity index (χ4n) is 2.70. The molecule has 0 aliphatic rings. The Morgan fingerprint density at radius 2 is 1.40 bits per heavy atom. The molecule has 3 rings (SSSR count). The van der Waals surface area contributed by atoms with Crippen molar-refractivity contribution >= 4 is 10.8 Å². The van der Waals surface area contributed by atoms with E-state index in [1.165, 1.54) is 27.5 Å². The molecule has 20 heavy (non-hydrogen) atoms. The first-order valence-electron chi connectivity index (χ1n) is 6.97. The Bertz CT molecular complexity index is 741. The maximum atomic E-state index is 6.48. The summed E-state index contributed by atoms with van der Waals surface area (Å²) in [7, 11) is 0. The van der Waals surface area contributed by atoms with E-state index in [0.717, 1.165) is 5.56 Å². The highest BCUT2D eigenvalue weighted by molar-refractivity contribution is 5.89. The van der Waals surface area contributed by atoms with Crippen LogP contribution in [0.1, 0.15) is 28.3 Å². The van der Waals surface area contributed by atoms with Gasteiger partial charge in [0.2, 0.25) is 0 Å². The molecule has 0 bridgehead atoms. The van der Waals surface area contributed by atoms with Crippen molar-refractivity contribution in [2.75, 3.05) is 0 Å². The fourth-order valence-corrected chi connectivity index (χ4v) is 2.70. The first kappa shape index (κ1) is 12.9. The third kappa shape index (κ3) is 2.21. The minimum absolute atomic E-state index is 0.0823. The van der Waals surface area contributed by atoms with Crippen molar-refractivity contribution in [2.45, 2.75) is 19.9 Å². The minimum Gasteiger partial charge on any atom is -0.320 e. The van der Waals surface area contributed by atoms with Crippen LogP contribution in [0.3, 0.4) is 0 Å². The van der Waals surface area contributed by atoms with E-state index in [1.54, 1.807) is 0 Å². The number of nitrogens with two attached hydrogens (primary N) is 1. The summed E-state index contributed by atoms with van der Waals surface area (Å²) >= 11 is 0. The number of aryl methyl sites for hydroxylation is 2. The van der Waals surface area contributed by atoms with Crippen LogP contribution in [-0.2, 0) is 0 Å². The van der Waals surface area contributed by atoms with Crippen LogP contribution in [0.2, 0.25) is 0 Å². The van der Waals surface area contributed by atoms with Crippen molar-refractivity contribution in [1.82, 2.24) is 0 Å². The van der Waals surface area contributed by atoms with Crippen LogP contribution >= 0.6 is 0 Å². The summed E-state index contributed by atoms with van der Waals surface area (Å²) in [5, 5.41) is 2.54. The smallest absolute Gasteiger partial charge is 0.0557 e. The van der Waals surface area contributed by atoms with Crippen LogP contribution in [0.5, 0.6) is 0 Å². The van der Waals surface area contributed by atoms with E-state index in [-0.39, 0.29) is 6.04 Å². The predicted octanol–water partition coefficient (Wildman–Crippen LogP) is 4.50. The number of benzene rings is 3. The standard InChI is InChI=1S/C19H19N/c1-13-7-10-15(11-8-13)19(20)18-12-9-14(2)16-5-3-4-6-17(16)18/h3-12,19H,20H2,1-2H3. The highest BCUT2D eigenvalue weighted by Gasteiger charge is 2.12. The normalized spacial score (nSPS) is 12.6. The molecule has 1 nitrogen and oxygen atoms in total. The molecule has 0 aliphatic heterocycles. The zero-order valence-corrected chi connectivity index (χ0v) is 11.9. The molecule has 0 amide bonds. The van der Waals surface area contributed by atoms with Gasteiger partial charge in [-0.15, -0.1) is 0 Å². The summed E-state index contributed by atoms with van der Waals surface area (Å²) in [5.41, 5.74) is 11.4. The van der Waals surface area contributed by atoms with Gasteiger partial charge in [-0.05, 0) is 41.3 Å². The van der Waals surface area contributed by atoms with Crippen LogP contribution < -0.4 is 5.73 Å². The van der Waals surface area contributed by atoms with Gasteiger partial charge in [-0.1, -0.05) is 66.2 Å². The van der Waals surface area contributed by atoms with Crippen molar-refractivity contribution in [1.29, 1.82) is 0 Å². The molecule has 0 saturated heterocycles. The minimum atomic E-state index is -0.0823. The number of fused-ring (bicyclic) bond motifs is 1. The zero-order valence-electron chi connectivity index (χ0n) is 11.9. The Hall–Kier alpha value is -2.12. The van der Waals surface area contributed by atoms with E-state index in [9.17, 15) is 0 Å². The molecular weight excluding hydrogens is 242 g/mol. The van der Waals surface area contributed by atoms with Crippen molar-refractivity contribution in [3.8, 4) is 0 Å². The number of rotatable bonds is 2. The quantitative estimate of drug-likeness (QED) is 0.722. The summed E-state index contributed by atoms with van der Waals surface area (Å²) < 4.78 is 0.